The highest BCUT2D eigenvalue weighted by Crippen LogP contribution is 2.33. The number of hydrogen-bond acceptors (Lipinski definition) is 5. The van der Waals surface area contributed by atoms with E-state index in [1.807, 2.05) is 42.5 Å². The van der Waals surface area contributed by atoms with Crippen LogP contribution in [-0.2, 0) is 6.54 Å². The lowest BCUT2D eigenvalue weighted by atomic mass is 10.2. The molecule has 1 aliphatic carbocycles. The maximum Gasteiger partial charge on any atom is 0.337 e. The van der Waals surface area contributed by atoms with Crippen molar-refractivity contribution >= 4 is 11.2 Å². The van der Waals surface area contributed by atoms with Crippen LogP contribution in [0.2, 0.25) is 0 Å². The normalized spacial score (nSPS) is 13.5. The van der Waals surface area contributed by atoms with Crippen molar-refractivity contribution in [2.75, 3.05) is 14.2 Å². The van der Waals surface area contributed by atoms with Gasteiger partial charge in [0.2, 0.25) is 0 Å². The fraction of sp³-hybridized carbons (Fsp3) is 0.261. The number of nitrogens with zero attached hydrogens (tertiary/aromatic N) is 4. The zero-order valence-electron chi connectivity index (χ0n) is 17.3. The van der Waals surface area contributed by atoms with Crippen LogP contribution in [0.25, 0.3) is 16.9 Å². The largest absolute Gasteiger partial charge is 0.497 e. The Bertz CT molecular complexity index is 1390. The number of methoxy groups -OCH3 is 2. The summed E-state index contributed by atoms with van der Waals surface area (Å²) in [6.07, 6.45) is 3.25. The third-order valence-corrected chi connectivity index (χ3v) is 5.56. The molecule has 8 heteroatoms. The smallest absolute Gasteiger partial charge is 0.337 e. The highest BCUT2D eigenvalue weighted by molar-refractivity contribution is 5.72. The summed E-state index contributed by atoms with van der Waals surface area (Å²) in [5, 5.41) is 0. The first-order valence-corrected chi connectivity index (χ1v) is 10.1. The Morgan fingerprint density at radius 3 is 2.42 bits per heavy atom. The Labute approximate surface area is 177 Å². The van der Waals surface area contributed by atoms with Crippen LogP contribution in [0.4, 0.5) is 0 Å². The molecule has 31 heavy (non-hydrogen) atoms. The van der Waals surface area contributed by atoms with E-state index in [0.717, 1.165) is 24.2 Å². The molecule has 0 bridgehead atoms. The van der Waals surface area contributed by atoms with Gasteiger partial charge >= 0.3 is 5.69 Å². The average Bonchev–Trinajstić information content (AvgIpc) is 3.54. The lowest BCUT2D eigenvalue weighted by Gasteiger charge is -2.13. The van der Waals surface area contributed by atoms with Crippen molar-refractivity contribution in [3.8, 4) is 17.2 Å². The molecule has 2 heterocycles. The van der Waals surface area contributed by atoms with E-state index in [0.29, 0.717) is 29.1 Å². The molecule has 0 radical (unpaired) electrons. The standard InChI is InChI=1S/C23H22N4O4/c1-30-18-7-3-5-15(11-18)13-25-14-24-21-20(25)22(28)27(16-9-10-16)23(29)26(21)17-6-4-8-19(12-17)31-2/h3-8,11-12,14,16H,9-10,13H2,1-2H3. The SMILES string of the molecule is COc1cccc(Cn2cnc3c2c(=O)n(C2CC2)c(=O)n3-c2cccc(OC)c2)c1. The lowest BCUT2D eigenvalue weighted by molar-refractivity contribution is 0.414. The molecule has 8 nitrogen and oxygen atoms in total. The van der Waals surface area contributed by atoms with Crippen molar-refractivity contribution in [2.45, 2.75) is 25.4 Å². The molecule has 0 spiro atoms. The highest BCUT2D eigenvalue weighted by Gasteiger charge is 2.30. The molecule has 2 aromatic heterocycles. The molecule has 4 aromatic rings. The van der Waals surface area contributed by atoms with Crippen molar-refractivity contribution < 1.29 is 9.47 Å². The summed E-state index contributed by atoms with van der Waals surface area (Å²) in [6, 6.07) is 14.8. The second-order valence-corrected chi connectivity index (χ2v) is 7.62. The maximum absolute atomic E-state index is 13.4. The van der Waals surface area contributed by atoms with Gasteiger partial charge in [0.15, 0.2) is 11.2 Å². The van der Waals surface area contributed by atoms with Gasteiger partial charge in [-0.15, -0.1) is 0 Å². The van der Waals surface area contributed by atoms with Gasteiger partial charge in [0.1, 0.15) is 11.5 Å². The van der Waals surface area contributed by atoms with E-state index < -0.39 is 0 Å². The monoisotopic (exact) mass is 418 g/mol. The Morgan fingerprint density at radius 1 is 1.00 bits per heavy atom. The van der Waals surface area contributed by atoms with E-state index in [4.69, 9.17) is 9.47 Å². The minimum Gasteiger partial charge on any atom is -0.497 e. The lowest BCUT2D eigenvalue weighted by Crippen LogP contribution is -2.39. The number of aromatic nitrogens is 4. The van der Waals surface area contributed by atoms with Crippen LogP contribution >= 0.6 is 0 Å². The third-order valence-electron chi connectivity index (χ3n) is 5.56. The van der Waals surface area contributed by atoms with Gasteiger partial charge in [0.25, 0.3) is 5.56 Å². The summed E-state index contributed by atoms with van der Waals surface area (Å²) in [6.45, 7) is 0.434. The molecular weight excluding hydrogens is 396 g/mol. The number of fused-ring (bicyclic) bond motifs is 1. The van der Waals surface area contributed by atoms with Gasteiger partial charge in [-0.1, -0.05) is 18.2 Å². The predicted molar refractivity (Wildman–Crippen MR) is 117 cm³/mol. The number of rotatable bonds is 6. The summed E-state index contributed by atoms with van der Waals surface area (Å²) < 4.78 is 15.3. The molecule has 2 aromatic carbocycles. The molecule has 158 valence electrons. The van der Waals surface area contributed by atoms with Gasteiger partial charge in [-0.05, 0) is 42.7 Å². The van der Waals surface area contributed by atoms with Gasteiger partial charge in [-0.25, -0.2) is 14.3 Å². The number of imidazole rings is 1. The van der Waals surface area contributed by atoms with Crippen LogP contribution in [0.5, 0.6) is 11.5 Å². The minimum atomic E-state index is -0.375. The Morgan fingerprint density at radius 2 is 1.71 bits per heavy atom. The van der Waals surface area contributed by atoms with Crippen molar-refractivity contribution in [3.05, 3.63) is 81.3 Å². The Balaban J connectivity index is 1.74. The van der Waals surface area contributed by atoms with E-state index in [9.17, 15) is 9.59 Å². The minimum absolute atomic E-state index is 0.0681. The number of benzene rings is 2. The van der Waals surface area contributed by atoms with Crippen LogP contribution < -0.4 is 20.7 Å². The second-order valence-electron chi connectivity index (χ2n) is 7.62. The van der Waals surface area contributed by atoms with E-state index in [1.165, 1.54) is 9.13 Å². The van der Waals surface area contributed by atoms with Crippen LogP contribution in [0.3, 0.4) is 0 Å². The molecule has 0 atom stereocenters. The summed E-state index contributed by atoms with van der Waals surface area (Å²) >= 11 is 0. The molecule has 0 aliphatic heterocycles. The number of hydrogen-bond donors (Lipinski definition) is 0. The van der Waals surface area contributed by atoms with Gasteiger partial charge in [0.05, 0.1) is 26.2 Å². The van der Waals surface area contributed by atoms with Gasteiger partial charge in [-0.2, -0.15) is 0 Å². The van der Waals surface area contributed by atoms with Crippen molar-refractivity contribution in [3.63, 3.8) is 0 Å². The van der Waals surface area contributed by atoms with Crippen LogP contribution in [0.1, 0.15) is 24.4 Å². The molecule has 1 fully saturated rings. The first kappa shape index (κ1) is 19.2. The first-order valence-electron chi connectivity index (χ1n) is 10.1. The summed E-state index contributed by atoms with van der Waals surface area (Å²) in [7, 11) is 3.19. The Kier molecular flexibility index (Phi) is 4.62. The Hall–Kier alpha value is -3.81. The van der Waals surface area contributed by atoms with E-state index in [-0.39, 0.29) is 17.3 Å². The summed E-state index contributed by atoms with van der Waals surface area (Å²) in [5.41, 5.74) is 1.63. The van der Waals surface area contributed by atoms with Crippen molar-refractivity contribution in [1.29, 1.82) is 0 Å². The molecule has 1 aliphatic rings. The zero-order chi connectivity index (χ0) is 21.5. The fourth-order valence-electron chi connectivity index (χ4n) is 3.88. The third kappa shape index (κ3) is 3.30. The topological polar surface area (TPSA) is 80.3 Å². The fourth-order valence-corrected chi connectivity index (χ4v) is 3.88. The van der Waals surface area contributed by atoms with Crippen molar-refractivity contribution in [2.24, 2.45) is 0 Å². The molecule has 0 unspecified atom stereocenters. The molecule has 5 rings (SSSR count). The van der Waals surface area contributed by atoms with Crippen molar-refractivity contribution in [1.82, 2.24) is 18.7 Å². The summed E-state index contributed by atoms with van der Waals surface area (Å²) in [4.78, 5) is 31.2. The quantitative estimate of drug-likeness (QED) is 0.481. The predicted octanol–water partition coefficient (Wildman–Crippen LogP) is 2.75. The number of ether oxygens (including phenoxy) is 2. The average molecular weight is 418 g/mol. The van der Waals surface area contributed by atoms with E-state index in [1.54, 1.807) is 31.2 Å². The highest BCUT2D eigenvalue weighted by atomic mass is 16.5. The maximum atomic E-state index is 13.4. The van der Waals surface area contributed by atoms with Crippen LogP contribution in [-0.4, -0.2) is 32.9 Å². The van der Waals surface area contributed by atoms with E-state index >= 15 is 0 Å². The molecule has 0 saturated heterocycles. The molecule has 1 saturated carbocycles. The van der Waals surface area contributed by atoms with Gasteiger partial charge < -0.3 is 14.0 Å². The van der Waals surface area contributed by atoms with E-state index in [2.05, 4.69) is 4.98 Å². The molecule has 0 N–H and O–H groups in total. The summed E-state index contributed by atoms with van der Waals surface area (Å²) in [5.74, 6) is 1.36. The molecule has 0 amide bonds. The van der Waals surface area contributed by atoms with Crippen LogP contribution in [0.15, 0.2) is 64.4 Å². The van der Waals surface area contributed by atoms with Gasteiger partial charge in [0, 0.05) is 18.7 Å². The first-order chi connectivity index (χ1) is 15.1. The zero-order valence-corrected chi connectivity index (χ0v) is 17.3. The second kappa shape index (κ2) is 7.46. The van der Waals surface area contributed by atoms with Crippen LogP contribution in [0, 0.1) is 0 Å². The van der Waals surface area contributed by atoms with Gasteiger partial charge in [-0.3, -0.25) is 9.36 Å². The molecular formula is C23H22N4O4.